The Hall–Kier alpha value is -1.37. The fraction of sp³-hybridized carbons (Fsp3) is 0.600. The highest BCUT2D eigenvalue weighted by Gasteiger charge is 2.38. The normalized spacial score (nSPS) is 16.0. The van der Waals surface area contributed by atoms with Gasteiger partial charge in [0.25, 0.3) is 0 Å². The Kier molecular flexibility index (Phi) is 3.19. The van der Waals surface area contributed by atoms with Gasteiger partial charge in [-0.2, -0.15) is 18.3 Å². The Morgan fingerprint density at radius 2 is 2.00 bits per heavy atom. The zero-order valence-electron chi connectivity index (χ0n) is 9.11. The number of alkyl halides is 3. The number of halogens is 3. The monoisotopic (exact) mass is 246 g/mol. The van der Waals surface area contributed by atoms with Gasteiger partial charge in [-0.3, -0.25) is 0 Å². The third-order valence-electron chi connectivity index (χ3n) is 2.55. The largest absolute Gasteiger partial charge is 0.405 e. The lowest BCUT2D eigenvalue weighted by molar-refractivity contribution is -0.120. The van der Waals surface area contributed by atoms with Gasteiger partial charge in [-0.15, -0.1) is 5.10 Å². The number of hydrogen-bond acceptors (Lipinski definition) is 4. The van der Waals surface area contributed by atoms with E-state index in [4.69, 9.17) is 5.73 Å². The Labute approximate surface area is 96.6 Å². The maximum atomic E-state index is 12.4. The van der Waals surface area contributed by atoms with Crippen LogP contribution in [0.5, 0.6) is 0 Å². The summed E-state index contributed by atoms with van der Waals surface area (Å²) in [6, 6.07) is 3.09. The maximum absolute atomic E-state index is 12.4. The van der Waals surface area contributed by atoms with Crippen LogP contribution in [0.2, 0.25) is 0 Å². The van der Waals surface area contributed by atoms with Crippen LogP contribution in [0.4, 0.5) is 19.0 Å². The summed E-state index contributed by atoms with van der Waals surface area (Å²) in [5, 5.41) is 7.57. The Balaban J connectivity index is 2.14. The van der Waals surface area contributed by atoms with E-state index in [1.54, 1.807) is 12.1 Å². The molecule has 1 aliphatic rings. The number of anilines is 1. The molecule has 0 spiro atoms. The van der Waals surface area contributed by atoms with Gasteiger partial charge in [0.05, 0.1) is 5.69 Å². The molecule has 2 rings (SSSR count). The van der Waals surface area contributed by atoms with E-state index >= 15 is 0 Å². The van der Waals surface area contributed by atoms with Crippen molar-refractivity contribution in [1.29, 1.82) is 0 Å². The van der Waals surface area contributed by atoms with Crippen LogP contribution in [0.25, 0.3) is 0 Å². The molecule has 0 radical (unpaired) electrons. The third-order valence-corrected chi connectivity index (χ3v) is 2.55. The zero-order valence-corrected chi connectivity index (χ0v) is 9.11. The molecule has 0 aromatic carbocycles. The van der Waals surface area contributed by atoms with Gasteiger partial charge in [0.1, 0.15) is 6.54 Å². The number of rotatable bonds is 4. The van der Waals surface area contributed by atoms with E-state index in [9.17, 15) is 13.2 Å². The number of aromatic nitrogens is 2. The molecule has 0 atom stereocenters. The molecule has 1 heterocycles. The van der Waals surface area contributed by atoms with Crippen molar-refractivity contribution >= 4 is 5.82 Å². The van der Waals surface area contributed by atoms with Crippen LogP contribution in [0.15, 0.2) is 12.1 Å². The van der Waals surface area contributed by atoms with E-state index in [0.717, 1.165) is 12.8 Å². The second kappa shape index (κ2) is 4.48. The van der Waals surface area contributed by atoms with Crippen molar-refractivity contribution in [3.63, 3.8) is 0 Å². The Morgan fingerprint density at radius 1 is 1.29 bits per heavy atom. The van der Waals surface area contributed by atoms with E-state index in [2.05, 4.69) is 10.2 Å². The molecular weight excluding hydrogens is 233 g/mol. The lowest BCUT2D eigenvalue weighted by Crippen LogP contribution is -2.36. The SMILES string of the molecule is NCc1ccc(N(CC(F)(F)F)C2CC2)nn1. The van der Waals surface area contributed by atoms with Crippen LogP contribution in [0, 0.1) is 0 Å². The van der Waals surface area contributed by atoms with Gasteiger partial charge in [0, 0.05) is 12.6 Å². The van der Waals surface area contributed by atoms with E-state index in [1.807, 2.05) is 0 Å². The summed E-state index contributed by atoms with van der Waals surface area (Å²) in [6.45, 7) is -0.746. The average Bonchev–Trinajstić information content (AvgIpc) is 3.09. The smallest absolute Gasteiger partial charge is 0.343 e. The van der Waals surface area contributed by atoms with E-state index in [0.29, 0.717) is 5.69 Å². The minimum Gasteiger partial charge on any atom is -0.343 e. The van der Waals surface area contributed by atoms with Crippen LogP contribution < -0.4 is 10.6 Å². The van der Waals surface area contributed by atoms with Gasteiger partial charge < -0.3 is 10.6 Å². The minimum absolute atomic E-state index is 0.0605. The van der Waals surface area contributed by atoms with Crippen LogP contribution in [-0.2, 0) is 6.54 Å². The summed E-state index contributed by atoms with van der Waals surface area (Å²) in [7, 11) is 0. The lowest BCUT2D eigenvalue weighted by Gasteiger charge is -2.24. The molecule has 0 amide bonds. The lowest BCUT2D eigenvalue weighted by atomic mass is 10.3. The van der Waals surface area contributed by atoms with Crippen molar-refractivity contribution in [2.75, 3.05) is 11.4 Å². The number of hydrogen-bond donors (Lipinski definition) is 1. The van der Waals surface area contributed by atoms with E-state index in [-0.39, 0.29) is 18.4 Å². The zero-order chi connectivity index (χ0) is 12.5. The fourth-order valence-corrected chi connectivity index (χ4v) is 1.59. The van der Waals surface area contributed by atoms with Gasteiger partial charge >= 0.3 is 6.18 Å². The topological polar surface area (TPSA) is 55.0 Å². The molecule has 94 valence electrons. The third kappa shape index (κ3) is 3.29. The summed E-state index contributed by atoms with van der Waals surface area (Å²) in [5.41, 5.74) is 5.92. The van der Waals surface area contributed by atoms with Crippen molar-refractivity contribution in [3.05, 3.63) is 17.8 Å². The first-order chi connectivity index (χ1) is 7.99. The van der Waals surface area contributed by atoms with Crippen LogP contribution in [-0.4, -0.2) is 29.0 Å². The Morgan fingerprint density at radius 3 is 2.41 bits per heavy atom. The van der Waals surface area contributed by atoms with E-state index in [1.165, 1.54) is 4.90 Å². The molecule has 1 fully saturated rings. The molecule has 0 unspecified atom stereocenters. The quantitative estimate of drug-likeness (QED) is 0.874. The maximum Gasteiger partial charge on any atom is 0.405 e. The minimum atomic E-state index is -4.23. The Bertz CT molecular complexity index is 372. The summed E-state index contributed by atoms with van der Waals surface area (Å²) in [5.74, 6) is 0.266. The fourth-order valence-electron chi connectivity index (χ4n) is 1.59. The molecule has 4 nitrogen and oxygen atoms in total. The van der Waals surface area contributed by atoms with Crippen LogP contribution in [0.1, 0.15) is 18.5 Å². The first-order valence-electron chi connectivity index (χ1n) is 5.35. The van der Waals surface area contributed by atoms with Crippen molar-refractivity contribution < 1.29 is 13.2 Å². The predicted molar refractivity (Wildman–Crippen MR) is 56.3 cm³/mol. The highest BCUT2D eigenvalue weighted by atomic mass is 19.4. The second-order valence-corrected chi connectivity index (χ2v) is 4.06. The van der Waals surface area contributed by atoms with Crippen molar-refractivity contribution in [1.82, 2.24) is 10.2 Å². The molecule has 1 aliphatic carbocycles. The molecule has 0 bridgehead atoms. The second-order valence-electron chi connectivity index (χ2n) is 4.06. The molecular formula is C10H13F3N4. The molecule has 1 saturated carbocycles. The molecule has 0 aliphatic heterocycles. The van der Waals surface area contributed by atoms with E-state index < -0.39 is 12.7 Å². The van der Waals surface area contributed by atoms with Gasteiger partial charge in [0.15, 0.2) is 5.82 Å². The first-order valence-corrected chi connectivity index (χ1v) is 5.35. The standard InChI is InChI=1S/C10H13F3N4/c11-10(12,13)6-17(8-2-3-8)9-4-1-7(5-14)15-16-9/h1,4,8H,2-3,5-6,14H2. The van der Waals surface area contributed by atoms with Crippen molar-refractivity contribution in [2.24, 2.45) is 5.73 Å². The summed E-state index contributed by atoms with van der Waals surface area (Å²) < 4.78 is 37.2. The molecule has 17 heavy (non-hydrogen) atoms. The van der Waals surface area contributed by atoms with Gasteiger partial charge in [-0.1, -0.05) is 0 Å². The van der Waals surface area contributed by atoms with Gasteiger partial charge in [-0.25, -0.2) is 0 Å². The molecule has 0 saturated heterocycles. The van der Waals surface area contributed by atoms with Crippen LogP contribution >= 0.6 is 0 Å². The first kappa shape index (κ1) is 12.1. The van der Waals surface area contributed by atoms with Gasteiger partial charge in [-0.05, 0) is 25.0 Å². The summed E-state index contributed by atoms with van der Waals surface area (Å²) >= 11 is 0. The predicted octanol–water partition coefficient (Wildman–Crippen LogP) is 1.47. The molecule has 2 N–H and O–H groups in total. The number of nitrogens with zero attached hydrogens (tertiary/aromatic N) is 3. The van der Waals surface area contributed by atoms with Crippen molar-refractivity contribution in [2.45, 2.75) is 31.6 Å². The molecule has 7 heteroatoms. The number of nitrogens with two attached hydrogens (primary N) is 1. The van der Waals surface area contributed by atoms with Crippen LogP contribution in [0.3, 0.4) is 0 Å². The average molecular weight is 246 g/mol. The molecule has 1 aromatic rings. The highest BCUT2D eigenvalue weighted by Crippen LogP contribution is 2.33. The summed E-state index contributed by atoms with van der Waals surface area (Å²) in [4.78, 5) is 1.26. The summed E-state index contributed by atoms with van der Waals surface area (Å²) in [6.07, 6.45) is -2.68. The van der Waals surface area contributed by atoms with Crippen molar-refractivity contribution in [3.8, 4) is 0 Å². The molecule has 1 aromatic heterocycles. The van der Waals surface area contributed by atoms with Gasteiger partial charge in [0.2, 0.25) is 0 Å². The highest BCUT2D eigenvalue weighted by molar-refractivity contribution is 5.40.